The van der Waals surface area contributed by atoms with Gasteiger partial charge in [-0.05, 0) is 72.1 Å². The fourth-order valence-corrected chi connectivity index (χ4v) is 18.4. The Hall–Kier alpha value is 3.27. The normalized spacial score (nSPS) is 18.8. The number of hydrogen-bond acceptors (Lipinski definition) is 6. The molecule has 0 saturated carbocycles. The maximum absolute atomic E-state index is 12.8. The molecule has 0 aromatic heterocycles. The molecule has 116 valence electrons. The first-order valence-electron chi connectivity index (χ1n) is 5.26. The molecule has 11 heteroatoms. The highest BCUT2D eigenvalue weighted by atomic mass is 79.9. The van der Waals surface area contributed by atoms with Crippen LogP contribution in [0.5, 0.6) is 0 Å². The van der Waals surface area contributed by atoms with Gasteiger partial charge in [-0.2, -0.15) is 0 Å². The molecule has 0 spiro atoms. The molecule has 0 aromatic carbocycles. The van der Waals surface area contributed by atoms with Gasteiger partial charge in [-0.25, -0.2) is 8.42 Å². The lowest BCUT2D eigenvalue weighted by Gasteiger charge is -2.28. The van der Waals surface area contributed by atoms with Crippen molar-refractivity contribution in [3.05, 3.63) is 0 Å². The van der Waals surface area contributed by atoms with Crippen LogP contribution in [0.1, 0.15) is 26.7 Å². The number of rotatable bonds is 10. The van der Waals surface area contributed by atoms with Crippen molar-refractivity contribution >= 4 is 110 Å². The summed E-state index contributed by atoms with van der Waals surface area (Å²) in [7, 11) is 2.03. The average Bonchev–Trinajstić information content (AvgIpc) is 2.40. The third-order valence-corrected chi connectivity index (χ3v) is 16.8. The highest BCUT2D eigenvalue weighted by molar-refractivity contribution is 9.51. The molecule has 0 radical (unpaired) electrons. The van der Waals surface area contributed by atoms with Crippen LogP contribution < -0.4 is 0 Å². The van der Waals surface area contributed by atoms with Crippen LogP contribution in [-0.2, 0) is 9.84 Å². The minimum atomic E-state index is -3.28. The van der Waals surface area contributed by atoms with Crippen LogP contribution in [0.25, 0.3) is 0 Å². The van der Waals surface area contributed by atoms with Crippen molar-refractivity contribution in [2.75, 3.05) is 0 Å². The van der Waals surface area contributed by atoms with E-state index in [4.69, 9.17) is 0 Å². The maximum atomic E-state index is 12.8. The van der Waals surface area contributed by atoms with Crippen LogP contribution in [0.15, 0.2) is 0 Å². The van der Waals surface area contributed by atoms with Crippen LogP contribution in [0.3, 0.4) is 0 Å². The molecule has 0 aromatic rings. The predicted octanol–water partition coefficient (Wildman–Crippen LogP) is 6.78. The second-order valence-electron chi connectivity index (χ2n) is 3.58. The minimum Gasteiger partial charge on any atom is -0.226 e. The lowest BCUT2D eigenvalue weighted by atomic mass is 10.4. The summed E-state index contributed by atoms with van der Waals surface area (Å²) in [6.07, 6.45) is 1.58. The van der Waals surface area contributed by atoms with Crippen LogP contribution in [-0.4, -0.2) is 28.1 Å². The van der Waals surface area contributed by atoms with Crippen molar-refractivity contribution in [1.29, 1.82) is 0 Å². The van der Waals surface area contributed by atoms with Crippen molar-refractivity contribution in [3.63, 3.8) is 0 Å². The van der Waals surface area contributed by atoms with Crippen molar-refractivity contribution in [2.24, 2.45) is 0 Å². The standard InChI is InChI=1S/C8H14Br4O2S5/c1-3-5(15-9)7(17-11)19(13,14)8(18-12)6(4-2)16-10/h5-8H,3-4H2,1-2H3. The maximum Gasteiger partial charge on any atom is 0.178 e. The molecule has 0 fully saturated rings. The van der Waals surface area contributed by atoms with E-state index in [1.807, 2.05) is 13.8 Å². The van der Waals surface area contributed by atoms with E-state index in [9.17, 15) is 8.42 Å². The monoisotopic (exact) mass is 618 g/mol. The van der Waals surface area contributed by atoms with Gasteiger partial charge in [-0.3, -0.25) is 0 Å². The minimum absolute atomic E-state index is 0.00866. The fraction of sp³-hybridized carbons (Fsp3) is 1.00. The first-order chi connectivity index (χ1) is 8.94. The van der Waals surface area contributed by atoms with Gasteiger partial charge >= 0.3 is 0 Å². The van der Waals surface area contributed by atoms with Gasteiger partial charge in [0.15, 0.2) is 9.84 Å². The van der Waals surface area contributed by atoms with E-state index in [0.717, 1.165) is 12.8 Å². The number of hydrogen-bond donors (Lipinski definition) is 0. The zero-order valence-electron chi connectivity index (χ0n) is 10.1. The highest BCUT2D eigenvalue weighted by Crippen LogP contribution is 2.45. The zero-order valence-corrected chi connectivity index (χ0v) is 20.5. The number of halogens is 4. The second-order valence-corrected chi connectivity index (χ2v) is 13.8. The van der Waals surface area contributed by atoms with E-state index in [-0.39, 0.29) is 10.5 Å². The molecular formula is C8H14Br4O2S5. The molecule has 0 amide bonds. The topological polar surface area (TPSA) is 34.1 Å². The Morgan fingerprint density at radius 1 is 0.789 bits per heavy atom. The molecule has 0 aliphatic heterocycles. The molecule has 0 heterocycles. The van der Waals surface area contributed by atoms with Gasteiger partial charge in [0.1, 0.15) is 9.16 Å². The molecule has 4 unspecified atom stereocenters. The third kappa shape index (κ3) is 6.35. The first-order valence-corrected chi connectivity index (χ1v) is 17.8. The van der Waals surface area contributed by atoms with Gasteiger partial charge in [0.25, 0.3) is 0 Å². The Kier molecular flexibility index (Phi) is 13.8. The smallest absolute Gasteiger partial charge is 0.178 e. The fourth-order valence-electron chi connectivity index (χ4n) is 1.37. The molecule has 0 aliphatic rings. The van der Waals surface area contributed by atoms with E-state index in [0.29, 0.717) is 0 Å². The SMILES string of the molecule is CCC(SBr)C(SBr)S(=O)(=O)C(SBr)C(CC)SBr. The Bertz CT molecular complexity index is 308. The van der Waals surface area contributed by atoms with E-state index >= 15 is 0 Å². The zero-order chi connectivity index (χ0) is 15.1. The molecule has 0 saturated heterocycles. The third-order valence-electron chi connectivity index (χ3n) is 2.46. The summed E-state index contributed by atoms with van der Waals surface area (Å²) in [6, 6.07) is 0. The lowest BCUT2D eigenvalue weighted by Crippen LogP contribution is -2.38. The Morgan fingerprint density at radius 2 is 1.11 bits per heavy atom. The van der Waals surface area contributed by atoms with Crippen molar-refractivity contribution in [3.8, 4) is 0 Å². The van der Waals surface area contributed by atoms with E-state index in [1.165, 1.54) is 40.8 Å². The molecule has 0 rings (SSSR count). The van der Waals surface area contributed by atoms with Gasteiger partial charge in [0.2, 0.25) is 0 Å². The largest absolute Gasteiger partial charge is 0.226 e. The molecule has 19 heavy (non-hydrogen) atoms. The Balaban J connectivity index is 5.38. The van der Waals surface area contributed by atoms with Crippen LogP contribution >= 0.6 is 100 Å². The van der Waals surface area contributed by atoms with Crippen molar-refractivity contribution in [2.45, 2.75) is 46.4 Å². The van der Waals surface area contributed by atoms with E-state index < -0.39 is 19.0 Å². The summed E-state index contributed by atoms with van der Waals surface area (Å²) in [5.41, 5.74) is 0. The summed E-state index contributed by atoms with van der Waals surface area (Å²) >= 11 is 13.2. The average molecular weight is 622 g/mol. The van der Waals surface area contributed by atoms with E-state index in [1.54, 1.807) is 0 Å². The second kappa shape index (κ2) is 11.8. The van der Waals surface area contributed by atoms with Crippen LogP contribution in [0, 0.1) is 0 Å². The molecule has 2 nitrogen and oxygen atoms in total. The summed E-state index contributed by atoms with van der Waals surface area (Å²) in [4.78, 5) is 0. The Morgan fingerprint density at radius 3 is 1.26 bits per heavy atom. The molecule has 0 bridgehead atoms. The predicted molar refractivity (Wildman–Crippen MR) is 111 cm³/mol. The van der Waals surface area contributed by atoms with E-state index in [2.05, 4.69) is 59.3 Å². The summed E-state index contributed by atoms with van der Waals surface area (Å²) < 4.78 is 24.7. The summed E-state index contributed by atoms with van der Waals surface area (Å²) in [5, 5.41) is 0.0173. The summed E-state index contributed by atoms with van der Waals surface area (Å²) in [6.45, 7) is 4.00. The van der Waals surface area contributed by atoms with Crippen LogP contribution in [0.2, 0.25) is 0 Å². The van der Waals surface area contributed by atoms with Gasteiger partial charge < -0.3 is 0 Å². The van der Waals surface area contributed by atoms with Crippen LogP contribution in [0.4, 0.5) is 0 Å². The van der Waals surface area contributed by atoms with Gasteiger partial charge in [0.05, 0.1) is 0 Å². The number of sulfone groups is 1. The lowest BCUT2D eigenvalue weighted by molar-refractivity contribution is 0.585. The highest BCUT2D eigenvalue weighted by Gasteiger charge is 2.42. The Labute approximate surface area is 162 Å². The van der Waals surface area contributed by atoms with Gasteiger partial charge in [-0.1, -0.05) is 54.6 Å². The molecular weight excluding hydrogens is 608 g/mol. The summed E-state index contributed by atoms with van der Waals surface area (Å²) in [5.74, 6) is 0. The van der Waals surface area contributed by atoms with Crippen molar-refractivity contribution < 1.29 is 8.42 Å². The van der Waals surface area contributed by atoms with Gasteiger partial charge in [0, 0.05) is 10.5 Å². The first kappa shape index (κ1) is 22.3. The molecule has 0 aliphatic carbocycles. The molecule has 0 N–H and O–H groups in total. The quantitative estimate of drug-likeness (QED) is 0.268. The van der Waals surface area contributed by atoms with Gasteiger partial charge in [-0.15, -0.1) is 0 Å². The molecule has 4 atom stereocenters. The van der Waals surface area contributed by atoms with Crippen molar-refractivity contribution in [1.82, 2.24) is 0 Å².